The standard InChI is InChI=1S/C23H16N4O5S/c1-30-20-9-5-3-7-17(20)25-23-26(24-13-16-10-11-22(31-16)27(28)29)18(14-33-23)21-12-15-6-2-4-8-19(15)32-21/h2-14H,1H3. The number of nitrogens with zero attached hydrogens (tertiary/aromatic N) is 4. The minimum Gasteiger partial charge on any atom is -0.494 e. The Kier molecular flexibility index (Phi) is 5.33. The van der Waals surface area contributed by atoms with Crippen LogP contribution in [0.2, 0.25) is 0 Å². The van der Waals surface area contributed by atoms with Crippen molar-refractivity contribution in [3.8, 4) is 17.2 Å². The number of hydrogen-bond donors (Lipinski definition) is 0. The monoisotopic (exact) mass is 460 g/mol. The highest BCUT2D eigenvalue weighted by atomic mass is 32.1. The van der Waals surface area contributed by atoms with E-state index in [0.29, 0.717) is 27.7 Å². The van der Waals surface area contributed by atoms with Crippen LogP contribution in [-0.4, -0.2) is 22.9 Å². The molecule has 0 aliphatic carbocycles. The van der Waals surface area contributed by atoms with Crippen LogP contribution in [0.15, 0.2) is 91.0 Å². The number of hydrogen-bond acceptors (Lipinski definition) is 8. The van der Waals surface area contributed by atoms with Gasteiger partial charge in [0.05, 0.1) is 19.4 Å². The molecule has 0 N–H and O–H groups in total. The molecular formula is C23H16N4O5S. The van der Waals surface area contributed by atoms with Crippen LogP contribution in [0.5, 0.6) is 5.75 Å². The van der Waals surface area contributed by atoms with Gasteiger partial charge >= 0.3 is 5.88 Å². The maximum absolute atomic E-state index is 10.9. The molecule has 164 valence electrons. The number of benzene rings is 2. The number of thiazole rings is 1. The first-order valence-corrected chi connectivity index (χ1v) is 10.7. The number of para-hydroxylation sites is 3. The van der Waals surface area contributed by atoms with E-state index in [1.807, 2.05) is 60.0 Å². The first-order chi connectivity index (χ1) is 16.1. The summed E-state index contributed by atoms with van der Waals surface area (Å²) in [6.07, 6.45) is 1.40. The van der Waals surface area contributed by atoms with Crippen LogP contribution in [0, 0.1) is 10.1 Å². The lowest BCUT2D eigenvalue weighted by atomic mass is 10.2. The fourth-order valence-corrected chi connectivity index (χ4v) is 4.05. The topological polar surface area (TPSA) is 108 Å². The van der Waals surface area contributed by atoms with Crippen LogP contribution in [-0.2, 0) is 0 Å². The lowest BCUT2D eigenvalue weighted by Gasteiger charge is -2.03. The molecule has 0 saturated carbocycles. The molecule has 0 aliphatic heterocycles. The molecule has 0 saturated heterocycles. The molecule has 0 bridgehead atoms. The van der Waals surface area contributed by atoms with E-state index in [1.54, 1.807) is 11.8 Å². The molecule has 9 nitrogen and oxygen atoms in total. The van der Waals surface area contributed by atoms with Crippen LogP contribution < -0.4 is 9.54 Å². The average molecular weight is 460 g/mol. The molecule has 0 aliphatic rings. The molecule has 33 heavy (non-hydrogen) atoms. The fraction of sp³-hybridized carbons (Fsp3) is 0.0435. The number of rotatable bonds is 6. The molecular weight excluding hydrogens is 444 g/mol. The van der Waals surface area contributed by atoms with Crippen molar-refractivity contribution in [2.45, 2.75) is 0 Å². The van der Waals surface area contributed by atoms with Crippen LogP contribution in [0.25, 0.3) is 22.4 Å². The molecule has 2 aromatic carbocycles. The third-order valence-corrected chi connectivity index (χ3v) is 5.57. The minimum atomic E-state index is -0.600. The number of furan rings is 2. The fourth-order valence-electron chi connectivity index (χ4n) is 3.22. The highest BCUT2D eigenvalue weighted by molar-refractivity contribution is 7.07. The predicted molar refractivity (Wildman–Crippen MR) is 124 cm³/mol. The zero-order chi connectivity index (χ0) is 22.8. The molecule has 5 aromatic rings. The summed E-state index contributed by atoms with van der Waals surface area (Å²) in [5, 5.41) is 18.3. The van der Waals surface area contributed by atoms with Gasteiger partial charge in [0, 0.05) is 10.8 Å². The first-order valence-electron chi connectivity index (χ1n) is 9.78. The number of aromatic nitrogens is 1. The van der Waals surface area contributed by atoms with E-state index in [1.165, 1.54) is 29.7 Å². The maximum Gasteiger partial charge on any atom is 0.433 e. The van der Waals surface area contributed by atoms with Gasteiger partial charge in [0.2, 0.25) is 4.80 Å². The van der Waals surface area contributed by atoms with Crippen molar-refractivity contribution in [2.24, 2.45) is 10.1 Å². The van der Waals surface area contributed by atoms with Crippen molar-refractivity contribution in [1.29, 1.82) is 0 Å². The quantitative estimate of drug-likeness (QED) is 0.186. The Balaban J connectivity index is 1.65. The van der Waals surface area contributed by atoms with Gasteiger partial charge in [-0.1, -0.05) is 30.3 Å². The summed E-state index contributed by atoms with van der Waals surface area (Å²) < 4.78 is 18.2. The molecule has 3 aromatic heterocycles. The second-order valence-corrected chi connectivity index (χ2v) is 7.66. The van der Waals surface area contributed by atoms with Gasteiger partial charge in [0.1, 0.15) is 27.6 Å². The summed E-state index contributed by atoms with van der Waals surface area (Å²) >= 11 is 1.37. The Hall–Kier alpha value is -4.44. The van der Waals surface area contributed by atoms with Crippen molar-refractivity contribution in [2.75, 3.05) is 7.11 Å². The molecule has 3 heterocycles. The van der Waals surface area contributed by atoms with Crippen LogP contribution >= 0.6 is 11.3 Å². The van der Waals surface area contributed by atoms with Gasteiger partial charge in [0.25, 0.3) is 0 Å². The van der Waals surface area contributed by atoms with Crippen molar-refractivity contribution in [1.82, 2.24) is 4.68 Å². The second-order valence-electron chi connectivity index (χ2n) is 6.83. The molecule has 0 fully saturated rings. The normalized spacial score (nSPS) is 12.1. The summed E-state index contributed by atoms with van der Waals surface area (Å²) in [5.41, 5.74) is 2.05. The predicted octanol–water partition coefficient (Wildman–Crippen LogP) is 5.59. The molecule has 0 spiro atoms. The largest absolute Gasteiger partial charge is 0.494 e. The second kappa shape index (κ2) is 8.60. The summed E-state index contributed by atoms with van der Waals surface area (Å²) in [7, 11) is 1.58. The van der Waals surface area contributed by atoms with Crippen LogP contribution in [0.3, 0.4) is 0 Å². The van der Waals surface area contributed by atoms with E-state index < -0.39 is 4.92 Å². The van der Waals surface area contributed by atoms with Crippen molar-refractivity contribution >= 4 is 40.1 Å². The summed E-state index contributed by atoms with van der Waals surface area (Å²) in [6.45, 7) is 0. The van der Waals surface area contributed by atoms with Gasteiger partial charge in [-0.15, -0.1) is 11.3 Å². The number of fused-ring (bicyclic) bond motifs is 1. The van der Waals surface area contributed by atoms with Gasteiger partial charge in [-0.25, -0.2) is 9.67 Å². The maximum atomic E-state index is 10.9. The van der Waals surface area contributed by atoms with E-state index in [4.69, 9.17) is 18.6 Å². The molecule has 0 radical (unpaired) electrons. The third kappa shape index (κ3) is 4.06. The summed E-state index contributed by atoms with van der Waals surface area (Å²) in [4.78, 5) is 15.6. The Morgan fingerprint density at radius 1 is 1.09 bits per heavy atom. The Morgan fingerprint density at radius 2 is 1.91 bits per heavy atom. The zero-order valence-electron chi connectivity index (χ0n) is 17.2. The highest BCUT2D eigenvalue weighted by Crippen LogP contribution is 2.29. The number of ether oxygens (including phenoxy) is 1. The number of nitro groups is 1. The van der Waals surface area contributed by atoms with Gasteiger partial charge in [-0.05, 0) is 30.3 Å². The highest BCUT2D eigenvalue weighted by Gasteiger charge is 2.14. The van der Waals surface area contributed by atoms with E-state index in [9.17, 15) is 10.1 Å². The van der Waals surface area contributed by atoms with Crippen LogP contribution in [0.1, 0.15) is 5.76 Å². The third-order valence-electron chi connectivity index (χ3n) is 4.76. The minimum absolute atomic E-state index is 0.235. The van der Waals surface area contributed by atoms with Crippen molar-refractivity contribution in [3.05, 3.63) is 92.8 Å². The molecule has 0 atom stereocenters. The van der Waals surface area contributed by atoms with E-state index in [2.05, 4.69) is 5.10 Å². The lowest BCUT2D eigenvalue weighted by molar-refractivity contribution is -0.402. The first kappa shape index (κ1) is 20.5. The molecule has 10 heteroatoms. The van der Waals surface area contributed by atoms with E-state index in [-0.39, 0.29) is 11.6 Å². The SMILES string of the molecule is COc1ccccc1N=c1scc(-c2cc3ccccc3o2)n1N=Cc1ccc([N+](=O)[O-])o1. The van der Waals surface area contributed by atoms with E-state index in [0.717, 1.165) is 11.0 Å². The Morgan fingerprint density at radius 3 is 2.70 bits per heavy atom. The van der Waals surface area contributed by atoms with Crippen molar-refractivity contribution in [3.63, 3.8) is 0 Å². The smallest absolute Gasteiger partial charge is 0.433 e. The molecule has 5 rings (SSSR count). The van der Waals surface area contributed by atoms with Gasteiger partial charge in [0.15, 0.2) is 11.5 Å². The number of methoxy groups -OCH3 is 1. The Bertz CT molecular complexity index is 1520. The van der Waals surface area contributed by atoms with E-state index >= 15 is 0 Å². The van der Waals surface area contributed by atoms with Crippen molar-refractivity contribution < 1.29 is 18.5 Å². The average Bonchev–Trinajstić information content (AvgIpc) is 3.56. The summed E-state index contributed by atoms with van der Waals surface area (Å²) in [6, 6.07) is 19.8. The van der Waals surface area contributed by atoms with Gasteiger partial charge in [-0.2, -0.15) is 5.10 Å². The zero-order valence-corrected chi connectivity index (χ0v) is 18.1. The van der Waals surface area contributed by atoms with Gasteiger partial charge < -0.3 is 13.6 Å². The lowest BCUT2D eigenvalue weighted by Crippen LogP contribution is -2.11. The Labute approximate surface area is 190 Å². The van der Waals surface area contributed by atoms with Crippen LogP contribution in [0.4, 0.5) is 11.6 Å². The van der Waals surface area contributed by atoms with Gasteiger partial charge in [-0.3, -0.25) is 10.1 Å². The molecule has 0 amide bonds. The summed E-state index contributed by atoms with van der Waals surface area (Å²) in [5.74, 6) is 1.10. The molecule has 0 unspecified atom stereocenters.